The molecule has 1 atom stereocenters. The van der Waals surface area contributed by atoms with Gasteiger partial charge in [0.15, 0.2) is 11.5 Å². The standard InChI is InChI=1S/C25H24FNO3S/c1-28-19-7-8-21-17(12-19)10-11-27-15-22-16(13-23(21)27)6-9-24(25(22)29-2)30-31-20-5-3-4-18(26)14-20/h3-9,12,14,23H,10-11,13,15H2,1-2H3. The third-order valence-corrected chi connectivity index (χ3v) is 6.85. The number of rotatable bonds is 5. The maximum atomic E-state index is 13.5. The van der Waals surface area contributed by atoms with Crippen molar-refractivity contribution in [3.63, 3.8) is 0 Å². The van der Waals surface area contributed by atoms with E-state index in [0.29, 0.717) is 16.7 Å². The van der Waals surface area contributed by atoms with E-state index >= 15 is 0 Å². The Morgan fingerprint density at radius 2 is 1.90 bits per heavy atom. The molecule has 0 saturated carbocycles. The molecule has 0 fully saturated rings. The van der Waals surface area contributed by atoms with Gasteiger partial charge in [0.2, 0.25) is 0 Å². The molecule has 0 spiro atoms. The van der Waals surface area contributed by atoms with Crippen molar-refractivity contribution in [1.82, 2.24) is 4.90 Å². The van der Waals surface area contributed by atoms with Gasteiger partial charge in [-0.2, -0.15) is 0 Å². The largest absolute Gasteiger partial charge is 0.497 e. The summed E-state index contributed by atoms with van der Waals surface area (Å²) >= 11 is 1.14. The predicted molar refractivity (Wildman–Crippen MR) is 119 cm³/mol. The van der Waals surface area contributed by atoms with E-state index in [1.54, 1.807) is 20.3 Å². The highest BCUT2D eigenvalue weighted by molar-refractivity contribution is 7.95. The number of hydrogen-bond acceptors (Lipinski definition) is 5. The molecule has 2 aliphatic rings. The first-order valence-corrected chi connectivity index (χ1v) is 11.1. The average Bonchev–Trinajstić information content (AvgIpc) is 2.80. The van der Waals surface area contributed by atoms with E-state index in [4.69, 9.17) is 13.7 Å². The zero-order valence-corrected chi connectivity index (χ0v) is 18.4. The molecule has 4 nitrogen and oxygen atoms in total. The van der Waals surface area contributed by atoms with Gasteiger partial charge in [-0.05, 0) is 65.9 Å². The van der Waals surface area contributed by atoms with Crippen LogP contribution < -0.4 is 13.7 Å². The summed E-state index contributed by atoms with van der Waals surface area (Å²) in [6.45, 7) is 1.81. The topological polar surface area (TPSA) is 30.9 Å². The Morgan fingerprint density at radius 3 is 2.71 bits per heavy atom. The predicted octanol–water partition coefficient (Wildman–Crippen LogP) is 5.58. The Morgan fingerprint density at radius 1 is 1.00 bits per heavy atom. The van der Waals surface area contributed by atoms with Gasteiger partial charge in [-0.3, -0.25) is 4.90 Å². The number of nitrogens with zero attached hydrogens (tertiary/aromatic N) is 1. The van der Waals surface area contributed by atoms with Crippen molar-refractivity contribution in [2.24, 2.45) is 0 Å². The molecule has 5 rings (SSSR count). The third-order valence-electron chi connectivity index (χ3n) is 6.14. The van der Waals surface area contributed by atoms with Gasteiger partial charge in [0, 0.05) is 24.7 Å². The second-order valence-corrected chi connectivity index (χ2v) is 8.67. The number of methoxy groups -OCH3 is 2. The van der Waals surface area contributed by atoms with E-state index in [9.17, 15) is 4.39 Å². The fourth-order valence-electron chi connectivity index (χ4n) is 4.62. The molecule has 0 aromatic heterocycles. The minimum atomic E-state index is -0.278. The highest BCUT2D eigenvalue weighted by Crippen LogP contribution is 2.45. The van der Waals surface area contributed by atoms with Crippen LogP contribution >= 0.6 is 12.0 Å². The normalized spacial score (nSPS) is 17.3. The van der Waals surface area contributed by atoms with Crippen molar-refractivity contribution in [1.29, 1.82) is 0 Å². The smallest absolute Gasteiger partial charge is 0.180 e. The highest BCUT2D eigenvalue weighted by Gasteiger charge is 2.34. The summed E-state index contributed by atoms with van der Waals surface area (Å²) in [5, 5.41) is 0. The summed E-state index contributed by atoms with van der Waals surface area (Å²) in [7, 11) is 3.39. The molecule has 6 heteroatoms. The maximum Gasteiger partial charge on any atom is 0.180 e. The molecular formula is C25H24FNO3S. The molecule has 31 heavy (non-hydrogen) atoms. The summed E-state index contributed by atoms with van der Waals surface area (Å²) < 4.78 is 30.6. The maximum absolute atomic E-state index is 13.5. The van der Waals surface area contributed by atoms with Crippen LogP contribution in [-0.2, 0) is 19.4 Å². The zero-order chi connectivity index (χ0) is 21.4. The molecule has 0 N–H and O–H groups in total. The SMILES string of the molecule is COc1ccc2c(c1)CCN1Cc3c(ccc(OSc4cccc(F)c4)c3OC)CC21. The quantitative estimate of drug-likeness (QED) is 0.486. The second-order valence-electron chi connectivity index (χ2n) is 7.86. The highest BCUT2D eigenvalue weighted by atomic mass is 32.2. The van der Waals surface area contributed by atoms with E-state index in [2.05, 4.69) is 29.2 Å². The lowest BCUT2D eigenvalue weighted by Gasteiger charge is -2.42. The van der Waals surface area contributed by atoms with Gasteiger partial charge in [-0.1, -0.05) is 18.2 Å². The van der Waals surface area contributed by atoms with Crippen LogP contribution in [0.4, 0.5) is 4.39 Å². The molecule has 0 radical (unpaired) electrons. The van der Waals surface area contributed by atoms with Crippen molar-refractivity contribution < 1.29 is 18.0 Å². The number of halogens is 1. The molecule has 0 bridgehead atoms. The van der Waals surface area contributed by atoms with Gasteiger partial charge in [0.25, 0.3) is 0 Å². The van der Waals surface area contributed by atoms with Crippen molar-refractivity contribution in [3.8, 4) is 17.2 Å². The van der Waals surface area contributed by atoms with Gasteiger partial charge in [-0.25, -0.2) is 4.39 Å². The molecule has 0 amide bonds. The fourth-order valence-corrected chi connectivity index (χ4v) is 5.23. The number of benzene rings is 3. The van der Waals surface area contributed by atoms with Gasteiger partial charge >= 0.3 is 0 Å². The second kappa shape index (κ2) is 8.44. The molecule has 1 unspecified atom stereocenters. The molecule has 3 aromatic carbocycles. The monoisotopic (exact) mass is 437 g/mol. The minimum absolute atomic E-state index is 0.278. The summed E-state index contributed by atoms with van der Waals surface area (Å²) in [5.41, 5.74) is 5.22. The Labute approximate surface area is 186 Å². The van der Waals surface area contributed by atoms with E-state index in [1.165, 1.54) is 34.4 Å². The lowest BCUT2D eigenvalue weighted by molar-refractivity contribution is 0.158. The lowest BCUT2D eigenvalue weighted by Crippen LogP contribution is -2.39. The number of fused-ring (bicyclic) bond motifs is 4. The van der Waals surface area contributed by atoms with E-state index in [1.807, 2.05) is 12.1 Å². The van der Waals surface area contributed by atoms with Gasteiger partial charge < -0.3 is 13.7 Å². The fraction of sp³-hybridized carbons (Fsp3) is 0.280. The van der Waals surface area contributed by atoms with Crippen molar-refractivity contribution in [2.45, 2.75) is 30.3 Å². The molecule has 0 aliphatic carbocycles. The summed E-state index contributed by atoms with van der Waals surface area (Å²) in [6.07, 6.45) is 1.94. The van der Waals surface area contributed by atoms with Crippen molar-refractivity contribution >= 4 is 12.0 Å². The molecule has 0 saturated heterocycles. The first-order chi connectivity index (χ1) is 15.2. The van der Waals surface area contributed by atoms with Crippen LogP contribution in [0, 0.1) is 5.82 Å². The number of hydrogen-bond donors (Lipinski definition) is 0. The number of ether oxygens (including phenoxy) is 2. The van der Waals surface area contributed by atoms with Crippen molar-refractivity contribution in [2.75, 3.05) is 20.8 Å². The minimum Gasteiger partial charge on any atom is -0.497 e. The summed E-state index contributed by atoms with van der Waals surface area (Å²) in [4.78, 5) is 3.23. The van der Waals surface area contributed by atoms with E-state index in [0.717, 1.165) is 49.5 Å². The van der Waals surface area contributed by atoms with Crippen LogP contribution in [0.15, 0.2) is 59.5 Å². The summed E-state index contributed by atoms with van der Waals surface area (Å²) in [5.74, 6) is 2.07. The summed E-state index contributed by atoms with van der Waals surface area (Å²) in [6, 6.07) is 17.3. The molecular weight excluding hydrogens is 413 g/mol. The van der Waals surface area contributed by atoms with Crippen LogP contribution in [0.5, 0.6) is 17.2 Å². The van der Waals surface area contributed by atoms with Gasteiger partial charge in [-0.15, -0.1) is 0 Å². The van der Waals surface area contributed by atoms with Crippen LogP contribution in [0.25, 0.3) is 0 Å². The first kappa shape index (κ1) is 20.2. The van der Waals surface area contributed by atoms with Crippen molar-refractivity contribution in [3.05, 3.63) is 82.7 Å². The zero-order valence-electron chi connectivity index (χ0n) is 17.6. The molecule has 3 aromatic rings. The van der Waals surface area contributed by atoms with Crippen LogP contribution in [0.3, 0.4) is 0 Å². The van der Waals surface area contributed by atoms with Gasteiger partial charge in [0.1, 0.15) is 11.6 Å². The first-order valence-electron chi connectivity index (χ1n) is 10.4. The van der Waals surface area contributed by atoms with Gasteiger partial charge in [0.05, 0.1) is 31.2 Å². The van der Waals surface area contributed by atoms with Crippen LogP contribution in [0.2, 0.25) is 0 Å². The van der Waals surface area contributed by atoms with Crippen LogP contribution in [-0.4, -0.2) is 25.7 Å². The molecule has 2 heterocycles. The Kier molecular flexibility index (Phi) is 5.50. The molecule has 160 valence electrons. The Balaban J connectivity index is 1.42. The van der Waals surface area contributed by atoms with E-state index in [-0.39, 0.29) is 5.82 Å². The van der Waals surface area contributed by atoms with Crippen LogP contribution in [0.1, 0.15) is 28.3 Å². The average molecular weight is 438 g/mol. The van der Waals surface area contributed by atoms with E-state index < -0.39 is 0 Å². The Bertz CT molecular complexity index is 1120. The third kappa shape index (κ3) is 3.86. The molecule has 2 aliphatic heterocycles. The Hall–Kier alpha value is -2.70. The lowest BCUT2D eigenvalue weighted by atomic mass is 9.83.